The van der Waals surface area contributed by atoms with Crippen molar-refractivity contribution >= 4 is 17.3 Å². The molecule has 0 unspecified atom stereocenters. The van der Waals surface area contributed by atoms with Gasteiger partial charge in [0.05, 0.1) is 23.1 Å². The lowest BCUT2D eigenvalue weighted by atomic mass is 9.54. The van der Waals surface area contributed by atoms with Crippen molar-refractivity contribution in [1.29, 1.82) is 0 Å². The molecule has 7 heteroatoms. The molecule has 0 fully saturated rings. The number of rotatable bonds is 6. The zero-order valence-corrected chi connectivity index (χ0v) is 25.7. The van der Waals surface area contributed by atoms with Crippen LogP contribution in [0.5, 0.6) is 0 Å². The Morgan fingerprint density at radius 3 is 2.61 bits per heavy atom. The zero-order chi connectivity index (χ0) is 31.3. The summed E-state index contributed by atoms with van der Waals surface area (Å²) in [5.74, 6) is -0.495. The number of hydrogen-bond acceptors (Lipinski definition) is 6. The Kier molecular flexibility index (Phi) is 7.04. The second kappa shape index (κ2) is 11.4. The first-order valence-corrected chi connectivity index (χ1v) is 16.1. The standard InChI is InChI=1S/C39H34FN5O/c1-24(25-7-3-2-4-8-25)43-38-41-21-19-35(44-38)39(36-20-22-42-45-36)33-18-17-30-29-10-6-5-9-26(29)13-16-31(30)32(33)23-34(46)37(39)27-11-14-28(40)15-12-27/h2-4,6-8,10-12,14-15,17-22,24,36-37H,5,9,13,16,23H2,1H3,(H,41,43,44)/t24-,36-,37+,39-/m0/s1. The van der Waals surface area contributed by atoms with Gasteiger partial charge in [-0.25, -0.2) is 14.4 Å². The third-order valence-electron chi connectivity index (χ3n) is 10.2. The number of halogens is 1. The zero-order valence-electron chi connectivity index (χ0n) is 25.7. The van der Waals surface area contributed by atoms with Gasteiger partial charge in [-0.2, -0.15) is 10.2 Å². The molecule has 6 nitrogen and oxygen atoms in total. The Balaban J connectivity index is 1.36. The minimum Gasteiger partial charge on any atom is -0.348 e. The molecule has 1 aliphatic heterocycles. The predicted octanol–water partition coefficient (Wildman–Crippen LogP) is 8.38. The number of fused-ring (bicyclic) bond motifs is 4. The number of benzene rings is 3. The molecule has 0 radical (unpaired) electrons. The minimum atomic E-state index is -1.04. The van der Waals surface area contributed by atoms with E-state index < -0.39 is 17.4 Å². The number of nitrogens with zero attached hydrogens (tertiary/aromatic N) is 4. The molecule has 46 heavy (non-hydrogen) atoms. The van der Waals surface area contributed by atoms with E-state index in [2.05, 4.69) is 58.8 Å². The van der Waals surface area contributed by atoms with Gasteiger partial charge >= 0.3 is 0 Å². The molecule has 4 aliphatic rings. The molecule has 0 amide bonds. The maximum Gasteiger partial charge on any atom is 0.223 e. The predicted molar refractivity (Wildman–Crippen MR) is 177 cm³/mol. The monoisotopic (exact) mass is 607 g/mol. The quantitative estimate of drug-likeness (QED) is 0.239. The van der Waals surface area contributed by atoms with Gasteiger partial charge in [0.1, 0.15) is 17.6 Å². The van der Waals surface area contributed by atoms with E-state index in [1.165, 1.54) is 34.4 Å². The highest BCUT2D eigenvalue weighted by Gasteiger charge is 2.57. The lowest BCUT2D eigenvalue weighted by Crippen LogP contribution is -2.51. The Morgan fingerprint density at radius 1 is 0.957 bits per heavy atom. The van der Waals surface area contributed by atoms with E-state index in [0.29, 0.717) is 18.1 Å². The number of hydrogen-bond donors (Lipinski definition) is 1. The average Bonchev–Trinajstić information content (AvgIpc) is 3.64. The van der Waals surface area contributed by atoms with Crippen LogP contribution in [0, 0.1) is 5.82 Å². The van der Waals surface area contributed by atoms with Crippen molar-refractivity contribution in [2.45, 2.75) is 62.4 Å². The van der Waals surface area contributed by atoms with Gasteiger partial charge in [0.15, 0.2) is 0 Å². The van der Waals surface area contributed by atoms with Crippen molar-refractivity contribution in [3.8, 4) is 0 Å². The fraction of sp³-hybridized carbons (Fsp3) is 0.256. The first kappa shape index (κ1) is 28.4. The van der Waals surface area contributed by atoms with Crippen LogP contribution in [0.3, 0.4) is 0 Å². The number of carbonyl (C=O) groups is 1. The van der Waals surface area contributed by atoms with E-state index in [1.54, 1.807) is 24.5 Å². The van der Waals surface area contributed by atoms with Crippen LogP contribution in [0.15, 0.2) is 119 Å². The summed E-state index contributed by atoms with van der Waals surface area (Å²) >= 11 is 0. The molecule has 4 aromatic rings. The van der Waals surface area contributed by atoms with Gasteiger partial charge in [-0.15, -0.1) is 0 Å². The fourth-order valence-electron chi connectivity index (χ4n) is 8.09. The van der Waals surface area contributed by atoms with E-state index in [1.807, 2.05) is 30.3 Å². The van der Waals surface area contributed by atoms with Crippen molar-refractivity contribution < 1.29 is 9.18 Å². The second-order valence-corrected chi connectivity index (χ2v) is 12.6. The summed E-state index contributed by atoms with van der Waals surface area (Å²) in [6.45, 7) is 2.07. The Labute approximate surface area is 267 Å². The molecule has 228 valence electrons. The topological polar surface area (TPSA) is 79.6 Å². The Bertz CT molecular complexity index is 1950. The third kappa shape index (κ3) is 4.56. The summed E-state index contributed by atoms with van der Waals surface area (Å²) in [4.78, 5) is 24.5. The van der Waals surface area contributed by atoms with E-state index >= 15 is 0 Å². The van der Waals surface area contributed by atoms with Gasteiger partial charge < -0.3 is 5.32 Å². The molecule has 0 saturated heterocycles. The van der Waals surface area contributed by atoms with Crippen LogP contribution in [-0.4, -0.2) is 21.8 Å². The smallest absolute Gasteiger partial charge is 0.223 e. The van der Waals surface area contributed by atoms with Crippen molar-refractivity contribution in [3.05, 3.63) is 154 Å². The molecule has 2 heterocycles. The molecule has 1 aromatic heterocycles. The van der Waals surface area contributed by atoms with E-state index in [4.69, 9.17) is 10.1 Å². The largest absolute Gasteiger partial charge is 0.348 e. The van der Waals surface area contributed by atoms with Crippen molar-refractivity contribution in [1.82, 2.24) is 9.97 Å². The first-order chi connectivity index (χ1) is 22.5. The summed E-state index contributed by atoms with van der Waals surface area (Å²) in [6, 6.07) is 22.2. The van der Waals surface area contributed by atoms with E-state index in [-0.39, 0.29) is 17.6 Å². The van der Waals surface area contributed by atoms with Gasteiger partial charge in [0.25, 0.3) is 0 Å². The Morgan fingerprint density at radius 2 is 1.80 bits per heavy atom. The lowest BCUT2D eigenvalue weighted by Gasteiger charge is -2.47. The van der Waals surface area contributed by atoms with E-state index in [9.17, 15) is 9.18 Å². The van der Waals surface area contributed by atoms with Gasteiger partial charge in [0.2, 0.25) is 5.95 Å². The molecule has 3 aliphatic carbocycles. The molecule has 3 aromatic carbocycles. The highest BCUT2D eigenvalue weighted by molar-refractivity contribution is 5.95. The number of ketones is 1. The van der Waals surface area contributed by atoms with Crippen LogP contribution < -0.4 is 5.32 Å². The molecule has 0 spiro atoms. The number of anilines is 1. The summed E-state index contributed by atoms with van der Waals surface area (Å²) < 4.78 is 14.3. The van der Waals surface area contributed by atoms with Gasteiger partial charge in [-0.05, 0) is 95.8 Å². The molecule has 1 N–H and O–H groups in total. The first-order valence-electron chi connectivity index (χ1n) is 16.1. The summed E-state index contributed by atoms with van der Waals surface area (Å²) in [6.07, 6.45) is 14.3. The van der Waals surface area contributed by atoms with Gasteiger partial charge in [0, 0.05) is 18.8 Å². The SMILES string of the molecule is C[C@H](Nc1nccc([C@]2([C@@H]3C=CN=N3)c3ccc4c(c3CC(=O)[C@H]2c2ccc(F)cc2)CCC2=C4C=CCC2)n1)c1ccccc1. The summed E-state index contributed by atoms with van der Waals surface area (Å²) in [7, 11) is 0. The molecule has 8 rings (SSSR count). The maximum absolute atomic E-state index is 14.7. The molecule has 0 saturated carbocycles. The summed E-state index contributed by atoms with van der Waals surface area (Å²) in [5, 5.41) is 12.5. The van der Waals surface area contributed by atoms with Gasteiger partial charge in [-0.3, -0.25) is 4.79 Å². The van der Waals surface area contributed by atoms with Crippen molar-refractivity contribution in [2.24, 2.45) is 10.2 Å². The number of aromatic nitrogens is 2. The van der Waals surface area contributed by atoms with Crippen LogP contribution in [0.2, 0.25) is 0 Å². The number of allylic oxidation sites excluding steroid dienone is 4. The number of azo groups is 1. The molecular formula is C39H34FN5O. The number of carbonyl (C=O) groups excluding carboxylic acids is 1. The van der Waals surface area contributed by atoms with Crippen LogP contribution in [0.25, 0.3) is 5.57 Å². The minimum absolute atomic E-state index is 0.0512. The maximum atomic E-state index is 14.7. The van der Waals surface area contributed by atoms with Crippen LogP contribution in [0.1, 0.15) is 77.2 Å². The lowest BCUT2D eigenvalue weighted by molar-refractivity contribution is -0.122. The molecule has 0 bridgehead atoms. The van der Waals surface area contributed by atoms with Gasteiger partial charge in [-0.1, -0.05) is 72.3 Å². The number of nitrogens with one attached hydrogen (secondary N) is 1. The highest BCUT2D eigenvalue weighted by Crippen LogP contribution is 2.55. The molecular weight excluding hydrogens is 573 g/mol. The van der Waals surface area contributed by atoms with Crippen molar-refractivity contribution in [3.63, 3.8) is 0 Å². The second-order valence-electron chi connectivity index (χ2n) is 12.6. The molecule has 4 atom stereocenters. The summed E-state index contributed by atoms with van der Waals surface area (Å²) in [5.41, 5.74) is 8.84. The van der Waals surface area contributed by atoms with Crippen LogP contribution in [-0.2, 0) is 23.1 Å². The number of Topliss-reactive ketones (excluding diaryl/α,β-unsaturated/α-hetero) is 1. The van der Waals surface area contributed by atoms with Crippen LogP contribution in [0.4, 0.5) is 10.3 Å². The normalized spacial score (nSPS) is 23.6. The Hall–Kier alpha value is -5.04. The van der Waals surface area contributed by atoms with Crippen molar-refractivity contribution in [2.75, 3.05) is 5.32 Å². The highest BCUT2D eigenvalue weighted by atomic mass is 19.1. The average molecular weight is 608 g/mol. The van der Waals surface area contributed by atoms with E-state index in [0.717, 1.165) is 47.9 Å². The third-order valence-corrected chi connectivity index (χ3v) is 10.2. The fourth-order valence-corrected chi connectivity index (χ4v) is 8.09. The van der Waals surface area contributed by atoms with Crippen LogP contribution >= 0.6 is 0 Å².